The Kier molecular flexibility index (Phi) is 3.58. The van der Waals surface area contributed by atoms with Gasteiger partial charge in [-0.25, -0.2) is 0 Å². The number of aliphatic hydroxyl groups excluding tert-OH is 1. The molecule has 0 atom stereocenters. The number of piperidine rings is 1. The molecule has 1 rings (SSSR count). The molecule has 2 nitrogen and oxygen atoms in total. The van der Waals surface area contributed by atoms with Gasteiger partial charge < -0.3 is 9.59 Å². The third-order valence-corrected chi connectivity index (χ3v) is 2.77. The summed E-state index contributed by atoms with van der Waals surface area (Å²) >= 11 is 0. The quantitative estimate of drug-likeness (QED) is 0.483. The first-order valence-corrected chi connectivity index (χ1v) is 4.72. The van der Waals surface area contributed by atoms with Crippen LogP contribution in [0.1, 0.15) is 19.3 Å². The van der Waals surface area contributed by atoms with Crippen molar-refractivity contribution in [3.63, 3.8) is 0 Å². The average Bonchev–Trinajstić information content (AvgIpc) is 2.07. The van der Waals surface area contributed by atoms with Gasteiger partial charge in [0.2, 0.25) is 0 Å². The fourth-order valence-electron chi connectivity index (χ4n) is 2.05. The lowest BCUT2D eigenvalue weighted by atomic mass is 10.1. The van der Waals surface area contributed by atoms with E-state index in [2.05, 4.69) is 5.92 Å². The highest BCUT2D eigenvalue weighted by atomic mass is 16.3. The van der Waals surface area contributed by atoms with E-state index in [1.54, 1.807) is 0 Å². The molecule has 68 valence electrons. The predicted octanol–water partition coefficient (Wildman–Crippen LogP) is 0.613. The van der Waals surface area contributed by atoms with Crippen LogP contribution in [0.4, 0.5) is 0 Å². The molecule has 1 N–H and O–H groups in total. The molecule has 1 heterocycles. The minimum atomic E-state index is 0.266. The lowest BCUT2D eigenvalue weighted by Crippen LogP contribution is -2.53. The van der Waals surface area contributed by atoms with Crippen LogP contribution < -0.4 is 0 Å². The fourth-order valence-corrected chi connectivity index (χ4v) is 2.05. The first-order chi connectivity index (χ1) is 5.83. The minimum absolute atomic E-state index is 0.266. The number of terminal acetylenes is 1. The highest BCUT2D eigenvalue weighted by Crippen LogP contribution is 2.17. The van der Waals surface area contributed by atoms with Gasteiger partial charge in [0.15, 0.2) is 0 Å². The highest BCUT2D eigenvalue weighted by molar-refractivity contribution is 4.84. The van der Waals surface area contributed by atoms with Crippen LogP contribution in [0.3, 0.4) is 0 Å². The molecule has 0 unspecified atom stereocenters. The Balaban J connectivity index is 2.51. The smallest absolute Gasteiger partial charge is 0.140 e. The SMILES string of the molecule is C#CC[N+]1(CCO)CCCCC1. The van der Waals surface area contributed by atoms with E-state index in [-0.39, 0.29) is 6.61 Å². The molecule has 0 aromatic carbocycles. The first-order valence-electron chi connectivity index (χ1n) is 4.72. The number of likely N-dealkylation sites (tertiary alicyclic amines) is 1. The largest absolute Gasteiger partial charge is 0.391 e. The molecule has 0 bridgehead atoms. The van der Waals surface area contributed by atoms with Crippen LogP contribution in [0.25, 0.3) is 0 Å². The topological polar surface area (TPSA) is 20.2 Å². The molecule has 1 aliphatic rings. The van der Waals surface area contributed by atoms with Crippen molar-refractivity contribution in [3.05, 3.63) is 0 Å². The third kappa shape index (κ3) is 2.23. The maximum atomic E-state index is 8.93. The zero-order chi connectivity index (χ0) is 8.86. The molecule has 0 radical (unpaired) electrons. The van der Waals surface area contributed by atoms with Crippen LogP contribution in [0.5, 0.6) is 0 Å². The molecule has 0 aromatic rings. The summed E-state index contributed by atoms with van der Waals surface area (Å²) in [5.41, 5.74) is 0. The lowest BCUT2D eigenvalue weighted by molar-refractivity contribution is -0.926. The second-order valence-corrected chi connectivity index (χ2v) is 3.66. The van der Waals surface area contributed by atoms with Crippen molar-refractivity contribution in [2.24, 2.45) is 0 Å². The summed E-state index contributed by atoms with van der Waals surface area (Å²) in [4.78, 5) is 0. The summed E-state index contributed by atoms with van der Waals surface area (Å²) < 4.78 is 0.951. The van der Waals surface area contributed by atoms with E-state index in [0.717, 1.165) is 30.7 Å². The summed E-state index contributed by atoms with van der Waals surface area (Å²) in [5, 5.41) is 8.93. The van der Waals surface area contributed by atoms with Gasteiger partial charge in [-0.1, -0.05) is 0 Å². The summed E-state index contributed by atoms with van der Waals surface area (Å²) in [5.74, 6) is 2.72. The summed E-state index contributed by atoms with van der Waals surface area (Å²) in [7, 11) is 0. The number of rotatable bonds is 3. The maximum Gasteiger partial charge on any atom is 0.140 e. The Bertz CT molecular complexity index is 160. The highest BCUT2D eigenvalue weighted by Gasteiger charge is 2.27. The van der Waals surface area contributed by atoms with Crippen molar-refractivity contribution < 1.29 is 9.59 Å². The Morgan fingerprint density at radius 3 is 2.42 bits per heavy atom. The van der Waals surface area contributed by atoms with E-state index >= 15 is 0 Å². The van der Waals surface area contributed by atoms with E-state index < -0.39 is 0 Å². The number of aliphatic hydroxyl groups is 1. The van der Waals surface area contributed by atoms with E-state index in [9.17, 15) is 0 Å². The first kappa shape index (κ1) is 9.57. The van der Waals surface area contributed by atoms with Gasteiger partial charge in [0.05, 0.1) is 19.7 Å². The van der Waals surface area contributed by atoms with Crippen LogP contribution in [0.2, 0.25) is 0 Å². The van der Waals surface area contributed by atoms with E-state index in [1.165, 1.54) is 19.3 Å². The molecular formula is C10H18NO+. The van der Waals surface area contributed by atoms with Gasteiger partial charge in [-0.15, -0.1) is 6.42 Å². The standard InChI is InChI=1S/C10H18NO/c1-2-6-11(9-10-12)7-4-3-5-8-11/h1,12H,3-10H2/q+1. The molecule has 0 aliphatic carbocycles. The van der Waals surface area contributed by atoms with Crippen molar-refractivity contribution in [2.75, 3.05) is 32.8 Å². The molecule has 0 spiro atoms. The molecular weight excluding hydrogens is 150 g/mol. The van der Waals surface area contributed by atoms with Gasteiger partial charge in [0, 0.05) is 0 Å². The third-order valence-electron chi connectivity index (χ3n) is 2.77. The molecule has 0 saturated carbocycles. The maximum absolute atomic E-state index is 8.93. The number of nitrogens with zero attached hydrogens (tertiary/aromatic N) is 1. The van der Waals surface area contributed by atoms with Crippen molar-refractivity contribution >= 4 is 0 Å². The molecule has 1 saturated heterocycles. The van der Waals surface area contributed by atoms with Gasteiger partial charge >= 0.3 is 0 Å². The summed E-state index contributed by atoms with van der Waals surface area (Å²) in [6, 6.07) is 0. The zero-order valence-corrected chi connectivity index (χ0v) is 7.63. The van der Waals surface area contributed by atoms with Gasteiger partial charge in [-0.3, -0.25) is 0 Å². The Morgan fingerprint density at radius 2 is 1.92 bits per heavy atom. The van der Waals surface area contributed by atoms with E-state index in [1.807, 2.05) is 0 Å². The van der Waals surface area contributed by atoms with Crippen molar-refractivity contribution in [1.82, 2.24) is 0 Å². The van der Waals surface area contributed by atoms with Crippen molar-refractivity contribution in [1.29, 1.82) is 0 Å². The number of hydrogen-bond donors (Lipinski definition) is 1. The molecule has 2 heteroatoms. The number of quaternary nitrogens is 1. The lowest BCUT2D eigenvalue weighted by Gasteiger charge is -2.39. The second kappa shape index (κ2) is 4.49. The van der Waals surface area contributed by atoms with Crippen molar-refractivity contribution in [2.45, 2.75) is 19.3 Å². The van der Waals surface area contributed by atoms with Gasteiger partial charge in [-0.05, 0) is 25.2 Å². The molecule has 0 amide bonds. The van der Waals surface area contributed by atoms with Crippen LogP contribution in [0, 0.1) is 12.3 Å². The summed E-state index contributed by atoms with van der Waals surface area (Å²) in [6.07, 6.45) is 9.19. The monoisotopic (exact) mass is 168 g/mol. The Morgan fingerprint density at radius 1 is 1.25 bits per heavy atom. The molecule has 12 heavy (non-hydrogen) atoms. The minimum Gasteiger partial charge on any atom is -0.391 e. The van der Waals surface area contributed by atoms with Crippen LogP contribution >= 0.6 is 0 Å². The van der Waals surface area contributed by atoms with Crippen LogP contribution in [-0.4, -0.2) is 42.4 Å². The molecule has 1 fully saturated rings. The van der Waals surface area contributed by atoms with Crippen molar-refractivity contribution in [3.8, 4) is 12.3 Å². The zero-order valence-electron chi connectivity index (χ0n) is 7.63. The Labute approximate surface area is 74.8 Å². The van der Waals surface area contributed by atoms with Gasteiger partial charge in [0.1, 0.15) is 13.1 Å². The second-order valence-electron chi connectivity index (χ2n) is 3.66. The van der Waals surface area contributed by atoms with Crippen LogP contribution in [-0.2, 0) is 0 Å². The molecule has 1 aliphatic heterocycles. The van der Waals surface area contributed by atoms with Gasteiger partial charge in [-0.2, -0.15) is 0 Å². The predicted molar refractivity (Wildman–Crippen MR) is 49.5 cm³/mol. The van der Waals surface area contributed by atoms with Gasteiger partial charge in [0.25, 0.3) is 0 Å². The van der Waals surface area contributed by atoms with E-state index in [4.69, 9.17) is 11.5 Å². The Hall–Kier alpha value is -0.520. The fraction of sp³-hybridized carbons (Fsp3) is 0.800. The normalized spacial score (nSPS) is 21.7. The molecule has 0 aromatic heterocycles. The summed E-state index contributed by atoms with van der Waals surface area (Å²) in [6.45, 7) is 4.21. The van der Waals surface area contributed by atoms with E-state index in [0.29, 0.717) is 0 Å². The number of hydrogen-bond acceptors (Lipinski definition) is 1. The average molecular weight is 168 g/mol. The van der Waals surface area contributed by atoms with Crippen LogP contribution in [0.15, 0.2) is 0 Å².